The lowest BCUT2D eigenvalue weighted by Crippen LogP contribution is -2.45. The quantitative estimate of drug-likeness (QED) is 0.856. The first-order valence-electron chi connectivity index (χ1n) is 8.21. The summed E-state index contributed by atoms with van der Waals surface area (Å²) < 4.78 is 0. The molecule has 2 fully saturated rings. The molecule has 1 amide bonds. The number of hydrogen-bond acceptors (Lipinski definition) is 3. The van der Waals surface area contributed by atoms with Crippen LogP contribution < -0.4 is 5.32 Å². The van der Waals surface area contributed by atoms with Crippen molar-refractivity contribution in [3.63, 3.8) is 0 Å². The van der Waals surface area contributed by atoms with Crippen molar-refractivity contribution in [3.8, 4) is 0 Å². The van der Waals surface area contributed by atoms with Crippen LogP contribution in [0.4, 0.5) is 0 Å². The fourth-order valence-electron chi connectivity index (χ4n) is 3.31. The van der Waals surface area contributed by atoms with E-state index in [0.717, 1.165) is 63.6 Å². The van der Waals surface area contributed by atoms with Gasteiger partial charge < -0.3 is 10.2 Å². The Labute approximate surface area is 161 Å². The maximum atomic E-state index is 12.5. The van der Waals surface area contributed by atoms with Gasteiger partial charge in [-0.15, -0.1) is 24.8 Å². The van der Waals surface area contributed by atoms with Crippen molar-refractivity contribution in [2.45, 2.75) is 31.8 Å². The Morgan fingerprint density at radius 3 is 2.50 bits per heavy atom. The van der Waals surface area contributed by atoms with Gasteiger partial charge in [0.15, 0.2) is 0 Å². The third-order valence-electron chi connectivity index (χ3n) is 4.58. The summed E-state index contributed by atoms with van der Waals surface area (Å²) in [6.45, 7) is 5.62. The third kappa shape index (κ3) is 5.78. The molecule has 2 saturated heterocycles. The molecule has 1 unspecified atom stereocenters. The van der Waals surface area contributed by atoms with E-state index in [9.17, 15) is 4.79 Å². The van der Waals surface area contributed by atoms with Crippen molar-refractivity contribution >= 4 is 42.3 Å². The van der Waals surface area contributed by atoms with Gasteiger partial charge in [-0.3, -0.25) is 9.69 Å². The van der Waals surface area contributed by atoms with E-state index in [4.69, 9.17) is 11.6 Å². The van der Waals surface area contributed by atoms with E-state index in [1.165, 1.54) is 5.56 Å². The number of nitrogens with zero attached hydrogens (tertiary/aromatic N) is 2. The van der Waals surface area contributed by atoms with Gasteiger partial charge in [-0.05, 0) is 43.5 Å². The monoisotopic (exact) mass is 393 g/mol. The first-order valence-corrected chi connectivity index (χ1v) is 8.59. The average Bonchev–Trinajstić information content (AvgIpc) is 2.96. The fraction of sp³-hybridized carbons (Fsp3) is 0.588. The van der Waals surface area contributed by atoms with Gasteiger partial charge in [-0.1, -0.05) is 23.7 Å². The van der Waals surface area contributed by atoms with E-state index in [1.54, 1.807) is 0 Å². The normalized spacial score (nSPS) is 21.5. The first-order chi connectivity index (χ1) is 10.7. The number of halogens is 3. The maximum Gasteiger partial charge on any atom is 0.239 e. The highest BCUT2D eigenvalue weighted by atomic mass is 35.5. The van der Waals surface area contributed by atoms with Crippen LogP contribution in [0.3, 0.4) is 0 Å². The molecule has 0 bridgehead atoms. The van der Waals surface area contributed by atoms with E-state index < -0.39 is 0 Å². The number of carbonyl (C=O) groups excluding carboxylic acids is 1. The molecule has 2 heterocycles. The van der Waals surface area contributed by atoms with Gasteiger partial charge in [-0.2, -0.15) is 0 Å². The van der Waals surface area contributed by atoms with Gasteiger partial charge in [-0.25, -0.2) is 0 Å². The SMILES string of the molecule is Cl.Cl.O=C(C1CCCN1)N1CCCN(Cc2ccc(Cl)cc2)CC1. The lowest BCUT2D eigenvalue weighted by molar-refractivity contribution is -0.132. The van der Waals surface area contributed by atoms with Crippen LogP contribution in [0, 0.1) is 0 Å². The third-order valence-corrected chi connectivity index (χ3v) is 4.83. The van der Waals surface area contributed by atoms with E-state index in [-0.39, 0.29) is 30.9 Å². The summed E-state index contributed by atoms with van der Waals surface area (Å²) in [5.41, 5.74) is 1.28. The molecule has 1 atom stereocenters. The Bertz CT molecular complexity index is 506. The molecule has 0 aliphatic carbocycles. The lowest BCUT2D eigenvalue weighted by Gasteiger charge is -2.24. The number of benzene rings is 1. The second-order valence-electron chi connectivity index (χ2n) is 6.23. The predicted octanol–water partition coefficient (Wildman–Crippen LogP) is 2.97. The van der Waals surface area contributed by atoms with Gasteiger partial charge in [0.05, 0.1) is 6.04 Å². The Morgan fingerprint density at radius 2 is 1.83 bits per heavy atom. The van der Waals surface area contributed by atoms with Crippen molar-refractivity contribution in [2.24, 2.45) is 0 Å². The molecule has 136 valence electrons. The molecule has 1 N–H and O–H groups in total. The van der Waals surface area contributed by atoms with Crippen LogP contribution >= 0.6 is 36.4 Å². The molecule has 24 heavy (non-hydrogen) atoms. The Morgan fingerprint density at radius 1 is 1.08 bits per heavy atom. The van der Waals surface area contributed by atoms with Crippen molar-refractivity contribution in [1.82, 2.24) is 15.1 Å². The molecule has 4 nitrogen and oxygen atoms in total. The van der Waals surface area contributed by atoms with E-state index in [1.807, 2.05) is 17.0 Å². The minimum absolute atomic E-state index is 0. The smallest absolute Gasteiger partial charge is 0.239 e. The number of amides is 1. The Hall–Kier alpha value is -0.520. The summed E-state index contributed by atoms with van der Waals surface area (Å²) in [5, 5.41) is 4.09. The van der Waals surface area contributed by atoms with Crippen molar-refractivity contribution in [1.29, 1.82) is 0 Å². The van der Waals surface area contributed by atoms with Crippen molar-refractivity contribution in [2.75, 3.05) is 32.7 Å². The Kier molecular flexibility index (Phi) is 9.39. The minimum atomic E-state index is 0. The zero-order chi connectivity index (χ0) is 15.4. The summed E-state index contributed by atoms with van der Waals surface area (Å²) >= 11 is 5.93. The molecule has 2 aliphatic heterocycles. The summed E-state index contributed by atoms with van der Waals surface area (Å²) in [5.74, 6) is 0.297. The van der Waals surface area contributed by atoms with Crippen molar-refractivity contribution in [3.05, 3.63) is 34.9 Å². The average molecular weight is 395 g/mol. The van der Waals surface area contributed by atoms with Gasteiger partial charge >= 0.3 is 0 Å². The fourth-order valence-corrected chi connectivity index (χ4v) is 3.44. The molecular weight excluding hydrogens is 369 g/mol. The summed E-state index contributed by atoms with van der Waals surface area (Å²) in [6, 6.07) is 8.10. The van der Waals surface area contributed by atoms with Crippen LogP contribution in [0.1, 0.15) is 24.8 Å². The van der Waals surface area contributed by atoms with Gasteiger partial charge in [0.1, 0.15) is 0 Å². The molecule has 0 spiro atoms. The lowest BCUT2D eigenvalue weighted by atomic mass is 10.2. The standard InChI is InChI=1S/C17H24ClN3O.2ClH/c18-15-6-4-14(5-7-15)13-20-9-2-10-21(12-11-20)17(22)16-3-1-8-19-16;;/h4-7,16,19H,1-3,8-13H2;2*1H. The highest BCUT2D eigenvalue weighted by Gasteiger charge is 2.28. The summed E-state index contributed by atoms with van der Waals surface area (Å²) in [4.78, 5) is 17.0. The molecule has 2 aliphatic rings. The van der Waals surface area contributed by atoms with Gasteiger partial charge in [0.25, 0.3) is 0 Å². The van der Waals surface area contributed by atoms with Gasteiger partial charge in [0, 0.05) is 37.7 Å². The van der Waals surface area contributed by atoms with Crippen LogP contribution in [0.5, 0.6) is 0 Å². The molecule has 1 aromatic rings. The van der Waals surface area contributed by atoms with Crippen LogP contribution in [0.2, 0.25) is 5.02 Å². The molecule has 7 heteroatoms. The van der Waals surface area contributed by atoms with Crippen molar-refractivity contribution < 1.29 is 4.79 Å². The van der Waals surface area contributed by atoms with E-state index in [2.05, 4.69) is 22.3 Å². The second kappa shape index (κ2) is 10.5. The largest absolute Gasteiger partial charge is 0.340 e. The zero-order valence-electron chi connectivity index (χ0n) is 13.7. The number of hydrogen-bond donors (Lipinski definition) is 1. The number of nitrogens with one attached hydrogen (secondary N) is 1. The minimum Gasteiger partial charge on any atom is -0.340 e. The highest BCUT2D eigenvalue weighted by molar-refractivity contribution is 6.30. The van der Waals surface area contributed by atoms with Crippen LogP contribution in [0.15, 0.2) is 24.3 Å². The first kappa shape index (κ1) is 21.5. The Balaban J connectivity index is 0.00000144. The molecule has 1 aromatic carbocycles. The molecule has 3 rings (SSSR count). The number of rotatable bonds is 3. The van der Waals surface area contributed by atoms with E-state index in [0.29, 0.717) is 5.91 Å². The van der Waals surface area contributed by atoms with Crippen LogP contribution in [0.25, 0.3) is 0 Å². The predicted molar refractivity (Wildman–Crippen MR) is 103 cm³/mol. The molecule has 0 radical (unpaired) electrons. The highest BCUT2D eigenvalue weighted by Crippen LogP contribution is 2.15. The zero-order valence-corrected chi connectivity index (χ0v) is 16.1. The second-order valence-corrected chi connectivity index (χ2v) is 6.67. The molecule has 0 aromatic heterocycles. The maximum absolute atomic E-state index is 12.5. The van der Waals surface area contributed by atoms with Crippen LogP contribution in [-0.2, 0) is 11.3 Å². The van der Waals surface area contributed by atoms with E-state index >= 15 is 0 Å². The summed E-state index contributed by atoms with van der Waals surface area (Å²) in [7, 11) is 0. The topological polar surface area (TPSA) is 35.6 Å². The molecule has 0 saturated carbocycles. The number of carbonyl (C=O) groups is 1. The summed E-state index contributed by atoms with van der Waals surface area (Å²) in [6.07, 6.45) is 3.16. The van der Waals surface area contributed by atoms with Crippen LogP contribution in [-0.4, -0.2) is 54.5 Å². The molecular formula is C17H26Cl3N3O. The van der Waals surface area contributed by atoms with Gasteiger partial charge in [0.2, 0.25) is 5.91 Å².